The van der Waals surface area contributed by atoms with E-state index in [4.69, 9.17) is 23.1 Å². The van der Waals surface area contributed by atoms with Crippen LogP contribution in [-0.4, -0.2) is 40.2 Å². The third-order valence-corrected chi connectivity index (χ3v) is 11.5. The fourth-order valence-corrected chi connectivity index (χ4v) is 9.87. The lowest BCUT2D eigenvalue weighted by Crippen LogP contribution is -2.61. The van der Waals surface area contributed by atoms with Gasteiger partial charge in [0.25, 0.3) is 0 Å². The minimum Gasteiger partial charge on any atom is -0.516 e. The van der Waals surface area contributed by atoms with Crippen LogP contribution < -0.4 is 9.16 Å². The molecule has 1 aromatic rings. The van der Waals surface area contributed by atoms with Gasteiger partial charge in [-0.1, -0.05) is 52.7 Å². The monoisotopic (exact) mass is 477 g/mol. The van der Waals surface area contributed by atoms with E-state index in [1.165, 1.54) is 0 Å². The molecule has 0 spiro atoms. The normalized spacial score (nSPS) is 22.7. The zero-order chi connectivity index (χ0) is 24.8. The van der Waals surface area contributed by atoms with E-state index < -0.39 is 20.4 Å². The van der Waals surface area contributed by atoms with E-state index in [0.29, 0.717) is 19.6 Å². The van der Waals surface area contributed by atoms with Crippen LogP contribution in [0.15, 0.2) is 11.2 Å². The SMILES string of the molecule is COc1c(C)cc(C[C@H](N=[N+]=[N-])[C@H]2COC(C)(C)O2)c2c1O[Si](C(C)(C)C)(C(C)(C)C)OC2. The summed E-state index contributed by atoms with van der Waals surface area (Å²) in [6, 6.07) is 1.66. The third kappa shape index (κ3) is 4.75. The quantitative estimate of drug-likeness (QED) is 0.214. The number of fused-ring (bicyclic) bond motifs is 1. The van der Waals surface area contributed by atoms with E-state index in [1.807, 2.05) is 20.8 Å². The highest BCUT2D eigenvalue weighted by Crippen LogP contribution is 2.56. The van der Waals surface area contributed by atoms with Crippen molar-refractivity contribution in [2.24, 2.45) is 5.11 Å². The number of ether oxygens (including phenoxy) is 3. The smallest absolute Gasteiger partial charge is 0.410 e. The average molecular weight is 478 g/mol. The van der Waals surface area contributed by atoms with Gasteiger partial charge in [-0.25, -0.2) is 0 Å². The first-order chi connectivity index (χ1) is 15.2. The Morgan fingerprint density at radius 3 is 2.36 bits per heavy atom. The molecular formula is C24H39N3O5Si. The van der Waals surface area contributed by atoms with Crippen LogP contribution in [0.1, 0.15) is 72.1 Å². The summed E-state index contributed by atoms with van der Waals surface area (Å²) in [5.74, 6) is 0.809. The predicted molar refractivity (Wildman–Crippen MR) is 130 cm³/mol. The second kappa shape index (κ2) is 8.78. The van der Waals surface area contributed by atoms with Gasteiger partial charge in [-0.05, 0) is 43.9 Å². The summed E-state index contributed by atoms with van der Waals surface area (Å²) in [4.78, 5) is 3.09. The number of methoxy groups -OCH3 is 1. The van der Waals surface area contributed by atoms with Crippen LogP contribution >= 0.6 is 0 Å². The number of benzene rings is 1. The largest absolute Gasteiger partial charge is 0.516 e. The number of nitrogens with zero attached hydrogens (tertiary/aromatic N) is 3. The Morgan fingerprint density at radius 1 is 1.24 bits per heavy atom. The molecule has 2 aliphatic rings. The summed E-state index contributed by atoms with van der Waals surface area (Å²) in [6.07, 6.45) is 0.171. The van der Waals surface area contributed by atoms with Gasteiger partial charge in [0, 0.05) is 20.6 Å². The Morgan fingerprint density at radius 2 is 1.88 bits per heavy atom. The fourth-order valence-electron chi connectivity index (χ4n) is 5.23. The summed E-state index contributed by atoms with van der Waals surface area (Å²) in [7, 11) is -1.06. The molecule has 1 aromatic carbocycles. The highest BCUT2D eigenvalue weighted by atomic mass is 28.4. The molecule has 0 saturated carbocycles. The van der Waals surface area contributed by atoms with Crippen molar-refractivity contribution in [2.75, 3.05) is 13.7 Å². The molecule has 0 aromatic heterocycles. The highest BCUT2D eigenvalue weighted by Gasteiger charge is 2.62. The summed E-state index contributed by atoms with van der Waals surface area (Å²) in [5.41, 5.74) is 12.2. The first-order valence-corrected chi connectivity index (χ1v) is 13.4. The Balaban J connectivity index is 2.07. The van der Waals surface area contributed by atoms with Crippen LogP contribution in [0.4, 0.5) is 0 Å². The van der Waals surface area contributed by atoms with Crippen molar-refractivity contribution in [3.05, 3.63) is 33.2 Å². The Bertz CT molecular complexity index is 931. The van der Waals surface area contributed by atoms with Crippen LogP contribution in [0.5, 0.6) is 11.5 Å². The van der Waals surface area contributed by atoms with Gasteiger partial charge in [0.2, 0.25) is 0 Å². The van der Waals surface area contributed by atoms with E-state index in [9.17, 15) is 5.53 Å². The van der Waals surface area contributed by atoms with Gasteiger partial charge in [0.05, 0.1) is 32.5 Å². The lowest BCUT2D eigenvalue weighted by atomic mass is 9.95. The van der Waals surface area contributed by atoms with Crippen molar-refractivity contribution in [2.45, 2.75) is 103 Å². The van der Waals surface area contributed by atoms with E-state index >= 15 is 0 Å². The van der Waals surface area contributed by atoms with Crippen LogP contribution in [-0.2, 0) is 26.9 Å². The molecule has 3 rings (SSSR count). The summed E-state index contributed by atoms with van der Waals surface area (Å²) in [5, 5.41) is 3.75. The maximum Gasteiger partial charge on any atom is 0.410 e. The molecule has 184 valence electrons. The number of hydrogen-bond acceptors (Lipinski definition) is 6. The topological polar surface area (TPSA) is 94.9 Å². The lowest BCUT2D eigenvalue weighted by Gasteiger charge is -2.51. The lowest BCUT2D eigenvalue weighted by molar-refractivity contribution is -0.140. The highest BCUT2D eigenvalue weighted by molar-refractivity contribution is 6.74. The maximum atomic E-state index is 9.23. The van der Waals surface area contributed by atoms with E-state index in [1.54, 1.807) is 7.11 Å². The number of azide groups is 1. The fraction of sp³-hybridized carbons (Fsp3) is 0.750. The molecule has 0 bridgehead atoms. The Hall–Kier alpha value is -1.77. The molecule has 1 saturated heterocycles. The number of rotatable bonds is 5. The molecule has 2 heterocycles. The molecule has 2 aliphatic heterocycles. The van der Waals surface area contributed by atoms with Crippen molar-refractivity contribution in [1.29, 1.82) is 0 Å². The molecule has 2 atom stereocenters. The standard InChI is InChI=1S/C24H39N3O5Si/c1-15-11-16(12-18(26-27-25)19-14-29-24(8,9)31-19)17-13-30-33(22(2,3)4,23(5,6)7)32-21(17)20(15)28-10/h11,18-19H,12-14H2,1-10H3/t18-,19+/m0/s1. The van der Waals surface area contributed by atoms with Crippen molar-refractivity contribution in [3.63, 3.8) is 0 Å². The first-order valence-electron chi connectivity index (χ1n) is 11.5. The second-order valence-corrected chi connectivity index (χ2v) is 16.3. The molecular weight excluding hydrogens is 438 g/mol. The van der Waals surface area contributed by atoms with Crippen molar-refractivity contribution in [1.82, 2.24) is 0 Å². The van der Waals surface area contributed by atoms with Crippen molar-refractivity contribution in [3.8, 4) is 11.5 Å². The summed E-state index contributed by atoms with van der Waals surface area (Å²) >= 11 is 0. The summed E-state index contributed by atoms with van der Waals surface area (Å²) in [6.45, 7) is 19.7. The van der Waals surface area contributed by atoms with Crippen LogP contribution in [0, 0.1) is 6.92 Å². The van der Waals surface area contributed by atoms with Gasteiger partial charge in [-0.15, -0.1) is 0 Å². The van der Waals surface area contributed by atoms with E-state index in [0.717, 1.165) is 28.2 Å². The van der Waals surface area contributed by atoms with E-state index in [-0.39, 0.29) is 16.2 Å². The van der Waals surface area contributed by atoms with Crippen molar-refractivity contribution < 1.29 is 23.1 Å². The molecule has 0 radical (unpaired) electrons. The predicted octanol–water partition coefficient (Wildman–Crippen LogP) is 6.33. The molecule has 0 amide bonds. The average Bonchev–Trinajstić information content (AvgIpc) is 3.05. The van der Waals surface area contributed by atoms with Crippen LogP contribution in [0.2, 0.25) is 10.1 Å². The Labute approximate surface area is 198 Å². The molecule has 33 heavy (non-hydrogen) atoms. The minimum atomic E-state index is -2.74. The van der Waals surface area contributed by atoms with Gasteiger partial charge in [-0.2, -0.15) is 0 Å². The minimum absolute atomic E-state index is 0.161. The molecule has 0 N–H and O–H groups in total. The summed E-state index contributed by atoms with van der Waals surface area (Å²) < 4.78 is 31.2. The molecule has 0 unspecified atom stereocenters. The van der Waals surface area contributed by atoms with Gasteiger partial charge < -0.3 is 23.1 Å². The van der Waals surface area contributed by atoms with Gasteiger partial charge in [-0.3, -0.25) is 0 Å². The van der Waals surface area contributed by atoms with Gasteiger partial charge >= 0.3 is 8.56 Å². The zero-order valence-electron chi connectivity index (χ0n) is 21.7. The maximum absolute atomic E-state index is 9.23. The molecule has 1 fully saturated rings. The second-order valence-electron chi connectivity index (χ2n) is 11.5. The van der Waals surface area contributed by atoms with E-state index in [2.05, 4.69) is 57.6 Å². The third-order valence-electron chi connectivity index (χ3n) is 6.55. The van der Waals surface area contributed by atoms with Gasteiger partial charge in [0.15, 0.2) is 17.3 Å². The van der Waals surface area contributed by atoms with Crippen molar-refractivity contribution >= 4 is 8.56 Å². The van der Waals surface area contributed by atoms with Crippen LogP contribution in [0.25, 0.3) is 10.4 Å². The first kappa shape index (κ1) is 25.8. The number of hydrogen-bond donors (Lipinski definition) is 0. The number of aryl methyl sites for hydroxylation is 1. The Kier molecular flexibility index (Phi) is 6.88. The zero-order valence-corrected chi connectivity index (χ0v) is 22.7. The van der Waals surface area contributed by atoms with Gasteiger partial charge in [0.1, 0.15) is 0 Å². The molecule has 9 heteroatoms. The molecule has 0 aliphatic carbocycles. The van der Waals surface area contributed by atoms with Crippen LogP contribution in [0.3, 0.4) is 0 Å². The molecule has 8 nitrogen and oxygen atoms in total.